The van der Waals surface area contributed by atoms with Crippen LogP contribution in [0.25, 0.3) is 0 Å². The van der Waals surface area contributed by atoms with Crippen LogP contribution in [0.5, 0.6) is 11.5 Å². The molecule has 8 nitrogen and oxygen atoms in total. The maximum Gasteiger partial charge on any atom is 0.465 e. The van der Waals surface area contributed by atoms with Gasteiger partial charge in [-0.3, -0.25) is 4.52 Å². The molecule has 2 aliphatic rings. The van der Waals surface area contributed by atoms with E-state index in [1.165, 1.54) is 11.1 Å². The Balaban J connectivity index is 1.97. The van der Waals surface area contributed by atoms with Crippen molar-refractivity contribution in [2.45, 2.75) is 142 Å². The minimum atomic E-state index is -2.06. The van der Waals surface area contributed by atoms with E-state index in [4.69, 9.17) is 37.3 Å². The van der Waals surface area contributed by atoms with Crippen molar-refractivity contribution in [3.63, 3.8) is 0 Å². The standard InChI is InChI=1S/C39H61O8P/c1-36(2,3)25-18-23-17-24-19-26(37(4,5)6)21-28(39(10,11)12)31(24)46-48(45-30(23)27(20-25)38(7,8)9)47-35-34(43-16)33(42-15)32(41-14)29(44-35)22-40-13/h18-21,29,32-35H,17,22H2,1-16H3/t29-,32-,33+,34-,35+/m1/s1. The summed E-state index contributed by atoms with van der Waals surface area (Å²) in [6.07, 6.45) is -2.23. The van der Waals surface area contributed by atoms with E-state index in [2.05, 4.69) is 107 Å². The fourth-order valence-corrected chi connectivity index (χ4v) is 7.59. The molecule has 0 bridgehead atoms. The molecule has 0 aliphatic carbocycles. The van der Waals surface area contributed by atoms with Gasteiger partial charge in [0.2, 0.25) is 0 Å². The van der Waals surface area contributed by atoms with Crippen molar-refractivity contribution in [3.8, 4) is 11.5 Å². The number of methoxy groups -OCH3 is 4. The number of rotatable bonds is 7. The van der Waals surface area contributed by atoms with Gasteiger partial charge in [0.05, 0.1) is 6.61 Å². The fourth-order valence-electron chi connectivity index (χ4n) is 6.40. The zero-order valence-electron chi connectivity index (χ0n) is 32.3. The maximum atomic E-state index is 6.98. The number of benzene rings is 2. The van der Waals surface area contributed by atoms with Gasteiger partial charge in [0.25, 0.3) is 0 Å². The van der Waals surface area contributed by atoms with E-state index in [-0.39, 0.29) is 28.3 Å². The third-order valence-electron chi connectivity index (χ3n) is 9.32. The van der Waals surface area contributed by atoms with E-state index >= 15 is 0 Å². The predicted molar refractivity (Wildman–Crippen MR) is 193 cm³/mol. The molecule has 4 rings (SSSR count). The third kappa shape index (κ3) is 8.39. The molecule has 2 aliphatic heterocycles. The topological polar surface area (TPSA) is 73.8 Å². The van der Waals surface area contributed by atoms with Crippen molar-refractivity contribution in [2.75, 3.05) is 35.0 Å². The van der Waals surface area contributed by atoms with Crippen molar-refractivity contribution < 1.29 is 37.3 Å². The fraction of sp³-hybridized carbons (Fsp3) is 0.692. The summed E-state index contributed by atoms with van der Waals surface area (Å²) in [5, 5.41) is 0. The van der Waals surface area contributed by atoms with E-state index in [0.29, 0.717) is 6.42 Å². The Bertz CT molecular complexity index is 1330. The van der Waals surface area contributed by atoms with Crippen LogP contribution in [0.1, 0.15) is 116 Å². The minimum absolute atomic E-state index is 0.0627. The smallest absolute Gasteiger partial charge is 0.417 e. The summed E-state index contributed by atoms with van der Waals surface area (Å²) in [5.74, 6) is 1.59. The first-order valence-electron chi connectivity index (χ1n) is 17.0. The first-order chi connectivity index (χ1) is 22.1. The maximum absolute atomic E-state index is 6.98. The van der Waals surface area contributed by atoms with Gasteiger partial charge in [-0.2, -0.15) is 0 Å². The van der Waals surface area contributed by atoms with Gasteiger partial charge in [0, 0.05) is 46.0 Å². The first-order valence-corrected chi connectivity index (χ1v) is 18.1. The lowest BCUT2D eigenvalue weighted by Crippen LogP contribution is -2.61. The second-order valence-corrected chi connectivity index (χ2v) is 18.3. The number of hydrogen-bond acceptors (Lipinski definition) is 8. The third-order valence-corrected chi connectivity index (χ3v) is 10.4. The summed E-state index contributed by atoms with van der Waals surface area (Å²) in [6.45, 7) is 27.2. The Morgan fingerprint density at radius 3 is 1.40 bits per heavy atom. The molecule has 0 radical (unpaired) electrons. The monoisotopic (exact) mass is 688 g/mol. The van der Waals surface area contributed by atoms with Gasteiger partial charge in [0.15, 0.2) is 6.29 Å². The highest BCUT2D eigenvalue weighted by atomic mass is 31.2. The SMILES string of the molecule is COC[C@H]1O[C@@H](OP2Oc3c(cc(C(C)(C)C)cc3C(C)(C)C)Cc3cc(C(C)(C)C)cc(C(C)(C)C)c3O2)[C@H](OC)[C@@H](OC)[C@@H]1OC. The van der Waals surface area contributed by atoms with Crippen LogP contribution in [0.3, 0.4) is 0 Å². The lowest BCUT2D eigenvalue weighted by Gasteiger charge is -2.44. The van der Waals surface area contributed by atoms with E-state index in [1.807, 2.05) is 0 Å². The molecule has 0 unspecified atom stereocenters. The molecule has 2 heterocycles. The second-order valence-electron chi connectivity index (χ2n) is 17.3. The number of ether oxygens (including phenoxy) is 5. The lowest BCUT2D eigenvalue weighted by molar-refractivity contribution is -0.293. The van der Waals surface area contributed by atoms with E-state index in [0.717, 1.165) is 33.8 Å². The van der Waals surface area contributed by atoms with Crippen LogP contribution in [0.4, 0.5) is 0 Å². The zero-order chi connectivity index (χ0) is 36.0. The molecular formula is C39H61O8P. The number of fused-ring (bicyclic) bond motifs is 2. The van der Waals surface area contributed by atoms with Gasteiger partial charge in [0.1, 0.15) is 35.9 Å². The van der Waals surface area contributed by atoms with Crippen LogP contribution in [0.15, 0.2) is 24.3 Å². The second kappa shape index (κ2) is 14.5. The molecule has 0 saturated carbocycles. The van der Waals surface area contributed by atoms with Gasteiger partial charge in [-0.05, 0) is 43.9 Å². The van der Waals surface area contributed by atoms with Crippen molar-refractivity contribution in [1.29, 1.82) is 0 Å². The molecular weight excluding hydrogens is 627 g/mol. The highest BCUT2D eigenvalue weighted by molar-refractivity contribution is 7.42. The average molecular weight is 689 g/mol. The Labute approximate surface area is 291 Å². The molecule has 5 atom stereocenters. The lowest BCUT2D eigenvalue weighted by atomic mass is 9.76. The Morgan fingerprint density at radius 2 is 1.04 bits per heavy atom. The predicted octanol–water partition coefficient (Wildman–Crippen LogP) is 8.90. The van der Waals surface area contributed by atoms with Gasteiger partial charge >= 0.3 is 8.60 Å². The molecule has 0 aromatic heterocycles. The zero-order valence-corrected chi connectivity index (χ0v) is 33.2. The highest BCUT2D eigenvalue weighted by Gasteiger charge is 2.50. The molecule has 48 heavy (non-hydrogen) atoms. The Morgan fingerprint density at radius 1 is 0.604 bits per heavy atom. The quantitative estimate of drug-likeness (QED) is 0.267. The summed E-state index contributed by atoms with van der Waals surface area (Å²) < 4.78 is 50.5. The van der Waals surface area contributed by atoms with Gasteiger partial charge < -0.3 is 32.7 Å². The highest BCUT2D eigenvalue weighted by Crippen LogP contribution is 2.54. The molecule has 0 spiro atoms. The molecule has 9 heteroatoms. The largest absolute Gasteiger partial charge is 0.465 e. The van der Waals surface area contributed by atoms with Crippen LogP contribution in [0.2, 0.25) is 0 Å². The molecule has 2 aromatic rings. The summed E-state index contributed by atoms with van der Waals surface area (Å²) in [4.78, 5) is 0. The molecule has 1 saturated heterocycles. The summed E-state index contributed by atoms with van der Waals surface area (Å²) in [6, 6.07) is 9.19. The average Bonchev–Trinajstić information content (AvgIpc) is 2.94. The summed E-state index contributed by atoms with van der Waals surface area (Å²) in [5.41, 5.74) is 6.40. The summed E-state index contributed by atoms with van der Waals surface area (Å²) in [7, 11) is 4.47. The van der Waals surface area contributed by atoms with Crippen LogP contribution >= 0.6 is 8.60 Å². The molecule has 1 fully saturated rings. The van der Waals surface area contributed by atoms with Gasteiger partial charge in [-0.15, -0.1) is 0 Å². The normalized spacial score (nSPS) is 24.2. The van der Waals surface area contributed by atoms with Crippen LogP contribution in [-0.2, 0) is 56.3 Å². The van der Waals surface area contributed by atoms with Crippen LogP contribution in [0, 0.1) is 0 Å². The molecule has 0 amide bonds. The van der Waals surface area contributed by atoms with Gasteiger partial charge in [-0.25, -0.2) is 0 Å². The van der Waals surface area contributed by atoms with E-state index < -0.39 is 39.3 Å². The van der Waals surface area contributed by atoms with Crippen molar-refractivity contribution in [2.24, 2.45) is 0 Å². The van der Waals surface area contributed by atoms with Gasteiger partial charge in [-0.1, -0.05) is 107 Å². The van der Waals surface area contributed by atoms with Crippen LogP contribution < -0.4 is 9.05 Å². The van der Waals surface area contributed by atoms with E-state index in [1.54, 1.807) is 28.4 Å². The van der Waals surface area contributed by atoms with Crippen molar-refractivity contribution in [1.82, 2.24) is 0 Å². The summed E-state index contributed by atoms with van der Waals surface area (Å²) >= 11 is 0. The van der Waals surface area contributed by atoms with Crippen molar-refractivity contribution in [3.05, 3.63) is 57.6 Å². The Hall–Kier alpha value is -1.77. The minimum Gasteiger partial charge on any atom is -0.417 e. The molecule has 2 aromatic carbocycles. The number of hydrogen-bond donors (Lipinski definition) is 0. The molecule has 270 valence electrons. The van der Waals surface area contributed by atoms with E-state index in [9.17, 15) is 0 Å². The first kappa shape index (κ1) is 39.0. The molecule has 0 N–H and O–H groups in total. The van der Waals surface area contributed by atoms with Crippen LogP contribution in [-0.4, -0.2) is 65.8 Å². The van der Waals surface area contributed by atoms with Crippen molar-refractivity contribution >= 4 is 8.60 Å². The Kier molecular flexibility index (Phi) is 11.8.